The molecule has 3 heterocycles. The molecule has 0 aromatic carbocycles. The van der Waals surface area contributed by atoms with Gasteiger partial charge in [-0.2, -0.15) is 9.06 Å². The molecule has 1 N–H and O–H groups in total. The van der Waals surface area contributed by atoms with Gasteiger partial charge >= 0.3 is 5.82 Å². The predicted molar refractivity (Wildman–Crippen MR) is 88.0 cm³/mol. The Labute approximate surface area is 138 Å². The number of aromatic amines is 1. The van der Waals surface area contributed by atoms with Gasteiger partial charge in [0.1, 0.15) is 21.7 Å². The van der Waals surface area contributed by atoms with Crippen molar-refractivity contribution in [2.45, 2.75) is 41.5 Å². The molecule has 0 aliphatic carbocycles. The lowest BCUT2D eigenvalue weighted by atomic mass is 10.7. The zero-order valence-electron chi connectivity index (χ0n) is 14.0. The van der Waals surface area contributed by atoms with Crippen LogP contribution in [-0.4, -0.2) is 30.4 Å². The Morgan fingerprint density at radius 2 is 1.45 bits per heavy atom. The van der Waals surface area contributed by atoms with Gasteiger partial charge in [-0.15, -0.1) is 21.5 Å². The van der Waals surface area contributed by atoms with Crippen molar-refractivity contribution in [1.29, 1.82) is 0 Å². The molecule has 0 unspecified atom stereocenters. The normalized spacial score (nSPS) is 9.59. The summed E-state index contributed by atoms with van der Waals surface area (Å²) < 4.78 is 2.05. The first kappa shape index (κ1) is 18.3. The number of hydrogen-bond donors (Lipinski definition) is 1. The molecular weight excluding hydrogens is 318 g/mol. The molecule has 9 heteroatoms. The van der Waals surface area contributed by atoms with E-state index in [0.29, 0.717) is 0 Å². The third-order valence-corrected chi connectivity index (χ3v) is 4.03. The van der Waals surface area contributed by atoms with Crippen LogP contribution in [0.25, 0.3) is 0 Å². The Bertz CT molecular complexity index is 608. The minimum atomic E-state index is 0.803. The molecule has 22 heavy (non-hydrogen) atoms. The van der Waals surface area contributed by atoms with Gasteiger partial charge in [-0.05, 0) is 32.7 Å². The topological polar surface area (TPSA) is 84.1 Å². The van der Waals surface area contributed by atoms with Gasteiger partial charge < -0.3 is 0 Å². The van der Waals surface area contributed by atoms with Crippen LogP contribution in [0.1, 0.15) is 32.5 Å². The van der Waals surface area contributed by atoms with Crippen molar-refractivity contribution in [3.8, 4) is 0 Å². The highest BCUT2D eigenvalue weighted by atomic mass is 32.1. The van der Waals surface area contributed by atoms with Gasteiger partial charge in [-0.25, -0.2) is 4.98 Å². The lowest BCUT2D eigenvalue weighted by Crippen LogP contribution is -2.24. The second-order valence-corrected chi connectivity index (χ2v) is 7.28. The quantitative estimate of drug-likeness (QED) is 0.634. The van der Waals surface area contributed by atoms with Crippen LogP contribution in [0.5, 0.6) is 0 Å². The maximum absolute atomic E-state index is 4.19. The SMILES string of the molecule is Cc1n[nH]c(C)n1.Cc1nc(C)[n+](C)s1.Cc1nnc(C)s1. The Morgan fingerprint density at radius 1 is 0.864 bits per heavy atom. The van der Waals surface area contributed by atoms with Crippen LogP contribution in [0, 0.1) is 41.5 Å². The number of nitrogens with one attached hydrogen (secondary N) is 1. The molecule has 0 saturated carbocycles. The van der Waals surface area contributed by atoms with Crippen molar-refractivity contribution >= 4 is 22.9 Å². The van der Waals surface area contributed by atoms with E-state index in [2.05, 4.69) is 34.3 Å². The second kappa shape index (κ2) is 8.64. The first-order valence-electron chi connectivity index (χ1n) is 6.70. The van der Waals surface area contributed by atoms with E-state index in [0.717, 1.165) is 32.5 Å². The zero-order chi connectivity index (χ0) is 16.7. The van der Waals surface area contributed by atoms with Crippen molar-refractivity contribution in [1.82, 2.24) is 30.4 Å². The van der Waals surface area contributed by atoms with Gasteiger partial charge in [0.2, 0.25) is 5.01 Å². The molecule has 0 spiro atoms. The molecular formula is C13H22N7S2+. The van der Waals surface area contributed by atoms with Crippen LogP contribution >= 0.6 is 22.9 Å². The lowest BCUT2D eigenvalue weighted by molar-refractivity contribution is -0.610. The monoisotopic (exact) mass is 340 g/mol. The molecule has 0 amide bonds. The van der Waals surface area contributed by atoms with Gasteiger partial charge in [-0.3, -0.25) is 5.10 Å². The van der Waals surface area contributed by atoms with Crippen LogP contribution in [0.2, 0.25) is 0 Å². The Hall–Kier alpha value is -1.74. The summed E-state index contributed by atoms with van der Waals surface area (Å²) in [4.78, 5) is 8.14. The second-order valence-electron chi connectivity index (χ2n) is 4.57. The number of hydrogen-bond acceptors (Lipinski definition) is 7. The van der Waals surface area contributed by atoms with E-state index in [1.807, 2.05) is 48.6 Å². The maximum Gasteiger partial charge on any atom is 0.307 e. The van der Waals surface area contributed by atoms with Crippen molar-refractivity contribution in [2.24, 2.45) is 7.05 Å². The number of aryl methyl sites for hydroxylation is 7. The van der Waals surface area contributed by atoms with E-state index in [-0.39, 0.29) is 0 Å². The van der Waals surface area contributed by atoms with E-state index < -0.39 is 0 Å². The molecule has 3 aromatic rings. The highest BCUT2D eigenvalue weighted by molar-refractivity contribution is 7.11. The smallest absolute Gasteiger partial charge is 0.263 e. The third-order valence-electron chi connectivity index (χ3n) is 2.38. The molecule has 3 rings (SSSR count). The molecule has 0 bridgehead atoms. The van der Waals surface area contributed by atoms with Gasteiger partial charge in [-0.1, -0.05) is 0 Å². The lowest BCUT2D eigenvalue weighted by Gasteiger charge is -1.72. The summed E-state index contributed by atoms with van der Waals surface area (Å²) in [5, 5.41) is 17.3. The van der Waals surface area contributed by atoms with Crippen molar-refractivity contribution in [3.05, 3.63) is 32.5 Å². The minimum absolute atomic E-state index is 0.803. The van der Waals surface area contributed by atoms with Gasteiger partial charge in [0.25, 0.3) is 0 Å². The zero-order valence-corrected chi connectivity index (χ0v) is 15.6. The summed E-state index contributed by atoms with van der Waals surface area (Å²) in [6.07, 6.45) is 0. The fourth-order valence-corrected chi connectivity index (χ4v) is 2.77. The molecule has 0 radical (unpaired) electrons. The Balaban J connectivity index is 0.000000166. The average molecular weight is 341 g/mol. The van der Waals surface area contributed by atoms with Crippen LogP contribution in [-0.2, 0) is 7.05 Å². The van der Waals surface area contributed by atoms with Crippen molar-refractivity contribution in [2.75, 3.05) is 0 Å². The van der Waals surface area contributed by atoms with E-state index in [4.69, 9.17) is 0 Å². The summed E-state index contributed by atoms with van der Waals surface area (Å²) >= 11 is 3.30. The third kappa shape index (κ3) is 6.81. The first-order chi connectivity index (χ1) is 10.3. The molecule has 3 aromatic heterocycles. The molecule has 0 fully saturated rings. The van der Waals surface area contributed by atoms with Crippen LogP contribution in [0.3, 0.4) is 0 Å². The molecule has 0 aliphatic heterocycles. The minimum Gasteiger partial charge on any atom is -0.263 e. The van der Waals surface area contributed by atoms with Crippen LogP contribution in [0.15, 0.2) is 0 Å². The van der Waals surface area contributed by atoms with E-state index in [1.54, 1.807) is 22.9 Å². The molecule has 0 saturated heterocycles. The average Bonchev–Trinajstić information content (AvgIpc) is 3.06. The number of rotatable bonds is 0. The fourth-order valence-electron chi connectivity index (χ4n) is 1.43. The number of aromatic nitrogens is 7. The number of H-pyrrole nitrogens is 1. The summed E-state index contributed by atoms with van der Waals surface area (Å²) in [7, 11) is 2.01. The summed E-state index contributed by atoms with van der Waals surface area (Å²) in [5.74, 6) is 2.77. The molecule has 0 aliphatic rings. The van der Waals surface area contributed by atoms with Crippen molar-refractivity contribution in [3.63, 3.8) is 0 Å². The van der Waals surface area contributed by atoms with E-state index in [9.17, 15) is 0 Å². The Kier molecular flexibility index (Phi) is 7.19. The fraction of sp³-hybridized carbons (Fsp3) is 0.538. The van der Waals surface area contributed by atoms with Gasteiger partial charge in [0.15, 0.2) is 0 Å². The Morgan fingerprint density at radius 3 is 1.59 bits per heavy atom. The largest absolute Gasteiger partial charge is 0.307 e. The van der Waals surface area contributed by atoms with Crippen LogP contribution < -0.4 is 3.96 Å². The molecule has 7 nitrogen and oxygen atoms in total. The maximum atomic E-state index is 4.19. The summed E-state index contributed by atoms with van der Waals surface area (Å²) in [6.45, 7) is 11.6. The summed E-state index contributed by atoms with van der Waals surface area (Å²) in [6, 6.07) is 0. The highest BCUT2D eigenvalue weighted by Crippen LogP contribution is 2.03. The number of nitrogens with zero attached hydrogens (tertiary/aromatic N) is 6. The van der Waals surface area contributed by atoms with Gasteiger partial charge in [0.05, 0.1) is 18.6 Å². The molecule has 120 valence electrons. The van der Waals surface area contributed by atoms with E-state index in [1.165, 1.54) is 0 Å². The first-order valence-corrected chi connectivity index (χ1v) is 8.29. The van der Waals surface area contributed by atoms with Crippen molar-refractivity contribution < 1.29 is 3.96 Å². The van der Waals surface area contributed by atoms with Crippen LogP contribution in [0.4, 0.5) is 0 Å². The predicted octanol–water partition coefficient (Wildman–Crippen LogP) is 2.16. The standard InChI is InChI=1S/C5H9N2S.C4H7N3.C4H6N2S/c1-4-6-5(2)8-7(4)3;1-3-5-4(2)7-6-3;1-3-5-6-4(2)7-3/h1-3H3;1-2H3,(H,5,6,7);1-2H3/q+1;;. The summed E-state index contributed by atoms with van der Waals surface area (Å²) in [5.41, 5.74) is 0. The highest BCUT2D eigenvalue weighted by Gasteiger charge is 2.06. The van der Waals surface area contributed by atoms with E-state index >= 15 is 0 Å². The van der Waals surface area contributed by atoms with Gasteiger partial charge in [0, 0.05) is 13.8 Å². The molecule has 0 atom stereocenters.